The van der Waals surface area contributed by atoms with Crippen LogP contribution in [0.1, 0.15) is 32.6 Å². The minimum atomic E-state index is 0.772. The molecule has 0 bridgehead atoms. The van der Waals surface area contributed by atoms with Gasteiger partial charge in [-0.25, -0.2) is 0 Å². The smallest absolute Gasteiger partial charge is 0.0110 e. The fraction of sp³-hybridized carbons (Fsp3) is 1.00. The van der Waals surface area contributed by atoms with E-state index in [-0.39, 0.29) is 0 Å². The van der Waals surface area contributed by atoms with Gasteiger partial charge in [0.2, 0.25) is 0 Å². The first-order chi connectivity index (χ1) is 7.79. The quantitative estimate of drug-likeness (QED) is 0.732. The second-order valence-electron chi connectivity index (χ2n) is 5.39. The second-order valence-corrected chi connectivity index (χ2v) is 5.39. The molecule has 16 heavy (non-hydrogen) atoms. The Balaban J connectivity index is 1.56. The summed E-state index contributed by atoms with van der Waals surface area (Å²) in [6.07, 6.45) is 5.52. The lowest BCUT2D eigenvalue weighted by Crippen LogP contribution is -2.43. The van der Waals surface area contributed by atoms with E-state index in [1.807, 2.05) is 0 Å². The molecule has 3 nitrogen and oxygen atoms in total. The minimum Gasteiger partial charge on any atom is -0.313 e. The van der Waals surface area contributed by atoms with Crippen molar-refractivity contribution in [3.8, 4) is 0 Å². The predicted octanol–water partition coefficient (Wildman–Crippen LogP) is 1.15. The van der Waals surface area contributed by atoms with Crippen molar-refractivity contribution in [1.82, 2.24) is 15.1 Å². The van der Waals surface area contributed by atoms with Crippen molar-refractivity contribution in [2.75, 3.05) is 39.8 Å². The summed E-state index contributed by atoms with van der Waals surface area (Å²) in [5.74, 6) is 0. The lowest BCUT2D eigenvalue weighted by Gasteiger charge is -2.30. The van der Waals surface area contributed by atoms with Gasteiger partial charge in [-0.15, -0.1) is 0 Å². The van der Waals surface area contributed by atoms with E-state index in [9.17, 15) is 0 Å². The Morgan fingerprint density at radius 3 is 2.44 bits per heavy atom. The van der Waals surface area contributed by atoms with Gasteiger partial charge in [0.25, 0.3) is 0 Å². The van der Waals surface area contributed by atoms with Gasteiger partial charge < -0.3 is 10.2 Å². The SMILES string of the molecule is CCN(CCNC1CCN(C)CC1)C1CC1. The van der Waals surface area contributed by atoms with Gasteiger partial charge in [-0.05, 0) is 52.4 Å². The molecular formula is C13H27N3. The van der Waals surface area contributed by atoms with Crippen LogP contribution in [-0.4, -0.2) is 61.7 Å². The molecule has 2 fully saturated rings. The summed E-state index contributed by atoms with van der Waals surface area (Å²) >= 11 is 0. The number of rotatable bonds is 6. The number of piperidine rings is 1. The van der Waals surface area contributed by atoms with E-state index in [1.165, 1.54) is 58.4 Å². The maximum Gasteiger partial charge on any atom is 0.0110 e. The molecular weight excluding hydrogens is 198 g/mol. The van der Waals surface area contributed by atoms with E-state index < -0.39 is 0 Å². The number of hydrogen-bond acceptors (Lipinski definition) is 3. The molecule has 2 rings (SSSR count). The Hall–Kier alpha value is -0.120. The summed E-state index contributed by atoms with van der Waals surface area (Å²) in [5, 5.41) is 3.72. The second kappa shape index (κ2) is 5.99. The molecule has 1 heterocycles. The molecule has 1 N–H and O–H groups in total. The number of likely N-dealkylation sites (tertiary alicyclic amines) is 1. The Kier molecular flexibility index (Phi) is 4.62. The van der Waals surface area contributed by atoms with Crippen LogP contribution in [0.5, 0.6) is 0 Å². The average Bonchev–Trinajstić information content (AvgIpc) is 3.11. The molecule has 0 unspecified atom stereocenters. The van der Waals surface area contributed by atoms with Gasteiger partial charge in [0.1, 0.15) is 0 Å². The fourth-order valence-corrected chi connectivity index (χ4v) is 2.66. The van der Waals surface area contributed by atoms with E-state index >= 15 is 0 Å². The van der Waals surface area contributed by atoms with E-state index in [0.29, 0.717) is 0 Å². The van der Waals surface area contributed by atoms with E-state index in [1.54, 1.807) is 0 Å². The molecule has 1 aliphatic carbocycles. The molecule has 1 saturated heterocycles. The molecule has 3 heteroatoms. The molecule has 0 aromatic carbocycles. The highest BCUT2D eigenvalue weighted by molar-refractivity contribution is 4.84. The van der Waals surface area contributed by atoms with Gasteiger partial charge in [0, 0.05) is 25.2 Å². The highest BCUT2D eigenvalue weighted by Gasteiger charge is 2.27. The highest BCUT2D eigenvalue weighted by atomic mass is 15.2. The number of hydrogen-bond donors (Lipinski definition) is 1. The summed E-state index contributed by atoms with van der Waals surface area (Å²) in [6.45, 7) is 8.45. The van der Waals surface area contributed by atoms with Crippen molar-refractivity contribution >= 4 is 0 Å². The van der Waals surface area contributed by atoms with E-state index in [0.717, 1.165) is 12.1 Å². The third kappa shape index (κ3) is 3.72. The Morgan fingerprint density at radius 2 is 1.88 bits per heavy atom. The maximum atomic E-state index is 3.72. The van der Waals surface area contributed by atoms with Crippen LogP contribution in [0.4, 0.5) is 0 Å². The van der Waals surface area contributed by atoms with Crippen LogP contribution < -0.4 is 5.32 Å². The lowest BCUT2D eigenvalue weighted by molar-refractivity contribution is 0.222. The molecule has 1 saturated carbocycles. The Labute approximate surface area is 100 Å². The van der Waals surface area contributed by atoms with Crippen molar-refractivity contribution in [1.29, 1.82) is 0 Å². The molecule has 0 aromatic heterocycles. The first kappa shape index (κ1) is 12.3. The molecule has 94 valence electrons. The van der Waals surface area contributed by atoms with Crippen LogP contribution >= 0.6 is 0 Å². The third-order valence-electron chi connectivity index (χ3n) is 4.02. The first-order valence-corrected chi connectivity index (χ1v) is 6.95. The zero-order chi connectivity index (χ0) is 11.4. The van der Waals surface area contributed by atoms with E-state index in [2.05, 4.69) is 29.1 Å². The van der Waals surface area contributed by atoms with Gasteiger partial charge in [0.05, 0.1) is 0 Å². The standard InChI is InChI=1S/C13H27N3/c1-3-16(13-4-5-13)11-8-14-12-6-9-15(2)10-7-12/h12-14H,3-11H2,1-2H3. The summed E-state index contributed by atoms with van der Waals surface area (Å²) in [6, 6.07) is 1.69. The Morgan fingerprint density at radius 1 is 1.19 bits per heavy atom. The fourth-order valence-electron chi connectivity index (χ4n) is 2.66. The van der Waals surface area contributed by atoms with Gasteiger partial charge in [-0.1, -0.05) is 6.92 Å². The molecule has 0 atom stereocenters. The van der Waals surface area contributed by atoms with Gasteiger partial charge >= 0.3 is 0 Å². The minimum absolute atomic E-state index is 0.772. The first-order valence-electron chi connectivity index (χ1n) is 6.95. The number of nitrogens with zero attached hydrogens (tertiary/aromatic N) is 2. The number of likely N-dealkylation sites (N-methyl/N-ethyl adjacent to an activating group) is 1. The van der Waals surface area contributed by atoms with Crippen LogP contribution in [-0.2, 0) is 0 Å². The largest absolute Gasteiger partial charge is 0.313 e. The van der Waals surface area contributed by atoms with Gasteiger partial charge in [-0.2, -0.15) is 0 Å². The molecule has 0 aromatic rings. The average molecular weight is 225 g/mol. The van der Waals surface area contributed by atoms with Crippen LogP contribution in [0.15, 0.2) is 0 Å². The molecule has 0 radical (unpaired) electrons. The summed E-state index contributed by atoms with van der Waals surface area (Å²) < 4.78 is 0. The van der Waals surface area contributed by atoms with Crippen LogP contribution in [0, 0.1) is 0 Å². The molecule has 1 aliphatic heterocycles. The molecule has 2 aliphatic rings. The van der Waals surface area contributed by atoms with Crippen molar-refractivity contribution in [2.24, 2.45) is 0 Å². The highest BCUT2D eigenvalue weighted by Crippen LogP contribution is 2.25. The number of nitrogens with one attached hydrogen (secondary N) is 1. The normalized spacial score (nSPS) is 24.2. The van der Waals surface area contributed by atoms with Crippen molar-refractivity contribution in [3.63, 3.8) is 0 Å². The van der Waals surface area contributed by atoms with Crippen LogP contribution in [0.25, 0.3) is 0 Å². The predicted molar refractivity (Wildman–Crippen MR) is 68.8 cm³/mol. The molecule has 0 amide bonds. The van der Waals surface area contributed by atoms with Crippen LogP contribution in [0.2, 0.25) is 0 Å². The van der Waals surface area contributed by atoms with Gasteiger partial charge in [-0.3, -0.25) is 4.90 Å². The zero-order valence-electron chi connectivity index (χ0n) is 10.9. The van der Waals surface area contributed by atoms with E-state index in [4.69, 9.17) is 0 Å². The maximum absolute atomic E-state index is 3.72. The topological polar surface area (TPSA) is 18.5 Å². The summed E-state index contributed by atoms with van der Waals surface area (Å²) in [4.78, 5) is 5.06. The molecule has 0 spiro atoms. The summed E-state index contributed by atoms with van der Waals surface area (Å²) in [7, 11) is 2.22. The van der Waals surface area contributed by atoms with Gasteiger partial charge in [0.15, 0.2) is 0 Å². The van der Waals surface area contributed by atoms with Crippen molar-refractivity contribution < 1.29 is 0 Å². The van der Waals surface area contributed by atoms with Crippen molar-refractivity contribution in [3.05, 3.63) is 0 Å². The Bertz CT molecular complexity index is 195. The van der Waals surface area contributed by atoms with Crippen molar-refractivity contribution in [2.45, 2.75) is 44.7 Å². The summed E-state index contributed by atoms with van der Waals surface area (Å²) in [5.41, 5.74) is 0. The third-order valence-corrected chi connectivity index (χ3v) is 4.02. The van der Waals surface area contributed by atoms with Crippen LogP contribution in [0.3, 0.4) is 0 Å². The monoisotopic (exact) mass is 225 g/mol. The lowest BCUT2D eigenvalue weighted by atomic mass is 10.1. The zero-order valence-corrected chi connectivity index (χ0v) is 10.9.